The molecule has 0 bridgehead atoms. The van der Waals surface area contributed by atoms with Gasteiger partial charge in [-0.3, -0.25) is 4.79 Å². The van der Waals surface area contributed by atoms with Crippen molar-refractivity contribution in [1.82, 2.24) is 14.6 Å². The Hall–Kier alpha value is -3.27. The van der Waals surface area contributed by atoms with E-state index in [0.717, 1.165) is 28.8 Å². The number of aldehydes is 1. The van der Waals surface area contributed by atoms with Gasteiger partial charge in [0.15, 0.2) is 11.9 Å². The fraction of sp³-hybridized carbons (Fsp3) is 0.0500. The fourth-order valence-corrected chi connectivity index (χ4v) is 2.82. The van der Waals surface area contributed by atoms with Crippen molar-refractivity contribution in [3.05, 3.63) is 78.0 Å². The SMILES string of the molecule is Cc1cccc(-c2cc(-c3ccccc3)nc3cc(C=O)nn23)c1. The number of carbonyl (C=O) groups excluding carboxylic acids is 1. The van der Waals surface area contributed by atoms with Crippen LogP contribution in [0.2, 0.25) is 0 Å². The molecule has 0 aliphatic rings. The molecule has 0 aliphatic carbocycles. The predicted octanol–water partition coefficient (Wildman–Crippen LogP) is 4.18. The molecule has 0 amide bonds. The van der Waals surface area contributed by atoms with Crippen molar-refractivity contribution >= 4 is 11.9 Å². The maximum absolute atomic E-state index is 11.1. The largest absolute Gasteiger partial charge is 0.296 e. The smallest absolute Gasteiger partial charge is 0.170 e. The van der Waals surface area contributed by atoms with Crippen LogP contribution >= 0.6 is 0 Å². The molecule has 0 aliphatic heterocycles. The van der Waals surface area contributed by atoms with Gasteiger partial charge in [0.1, 0.15) is 5.69 Å². The van der Waals surface area contributed by atoms with Gasteiger partial charge in [-0.25, -0.2) is 9.50 Å². The third-order valence-electron chi connectivity index (χ3n) is 3.95. The molecule has 0 unspecified atom stereocenters. The number of carbonyl (C=O) groups is 1. The summed E-state index contributed by atoms with van der Waals surface area (Å²) in [4.78, 5) is 15.8. The maximum atomic E-state index is 11.1. The van der Waals surface area contributed by atoms with Crippen LogP contribution < -0.4 is 0 Å². The van der Waals surface area contributed by atoms with Crippen molar-refractivity contribution < 1.29 is 4.79 Å². The second-order valence-corrected chi connectivity index (χ2v) is 5.72. The molecule has 0 saturated carbocycles. The average molecular weight is 313 g/mol. The highest BCUT2D eigenvalue weighted by molar-refractivity contribution is 5.77. The molecule has 0 atom stereocenters. The van der Waals surface area contributed by atoms with Crippen LogP contribution in [0, 0.1) is 6.92 Å². The van der Waals surface area contributed by atoms with Crippen LogP contribution in [-0.4, -0.2) is 20.9 Å². The summed E-state index contributed by atoms with van der Waals surface area (Å²) in [5, 5.41) is 4.36. The molecular weight excluding hydrogens is 298 g/mol. The Labute approximate surface area is 139 Å². The lowest BCUT2D eigenvalue weighted by Crippen LogP contribution is -1.99. The zero-order valence-corrected chi connectivity index (χ0v) is 13.2. The van der Waals surface area contributed by atoms with Gasteiger partial charge >= 0.3 is 0 Å². The molecule has 4 rings (SSSR count). The van der Waals surface area contributed by atoms with Gasteiger partial charge in [-0.05, 0) is 19.1 Å². The van der Waals surface area contributed by atoms with E-state index in [0.29, 0.717) is 11.3 Å². The van der Waals surface area contributed by atoms with E-state index in [2.05, 4.69) is 29.1 Å². The van der Waals surface area contributed by atoms with E-state index in [1.165, 1.54) is 5.56 Å². The van der Waals surface area contributed by atoms with Gasteiger partial charge in [-0.2, -0.15) is 5.10 Å². The van der Waals surface area contributed by atoms with Crippen LogP contribution in [0.15, 0.2) is 66.7 Å². The van der Waals surface area contributed by atoms with E-state index in [1.807, 2.05) is 48.5 Å². The minimum atomic E-state index is 0.376. The number of rotatable bonds is 3. The molecule has 0 N–H and O–H groups in total. The van der Waals surface area contributed by atoms with E-state index < -0.39 is 0 Å². The number of aromatic nitrogens is 3. The third kappa shape index (κ3) is 2.48. The second kappa shape index (κ2) is 5.74. The Kier molecular flexibility index (Phi) is 3.43. The summed E-state index contributed by atoms with van der Waals surface area (Å²) in [5.74, 6) is 0. The van der Waals surface area contributed by atoms with Gasteiger partial charge in [-0.15, -0.1) is 0 Å². The summed E-state index contributed by atoms with van der Waals surface area (Å²) in [6.45, 7) is 2.06. The lowest BCUT2D eigenvalue weighted by molar-refractivity contribution is 0.111. The van der Waals surface area contributed by atoms with E-state index in [9.17, 15) is 4.79 Å². The van der Waals surface area contributed by atoms with E-state index >= 15 is 0 Å². The molecule has 0 radical (unpaired) electrons. The van der Waals surface area contributed by atoms with Crippen LogP contribution in [0.4, 0.5) is 0 Å². The second-order valence-electron chi connectivity index (χ2n) is 5.72. The van der Waals surface area contributed by atoms with E-state index in [-0.39, 0.29) is 0 Å². The molecule has 2 aromatic heterocycles. The molecule has 0 saturated heterocycles. The highest BCUT2D eigenvalue weighted by atomic mass is 16.1. The van der Waals surface area contributed by atoms with Gasteiger partial charge in [0.2, 0.25) is 0 Å². The first-order valence-electron chi connectivity index (χ1n) is 7.73. The topological polar surface area (TPSA) is 47.3 Å². The molecule has 24 heavy (non-hydrogen) atoms. The lowest BCUT2D eigenvalue weighted by atomic mass is 10.1. The number of hydrogen-bond donors (Lipinski definition) is 0. The molecule has 116 valence electrons. The van der Waals surface area contributed by atoms with Gasteiger partial charge in [0, 0.05) is 17.2 Å². The summed E-state index contributed by atoms with van der Waals surface area (Å²) in [7, 11) is 0. The minimum absolute atomic E-state index is 0.376. The van der Waals surface area contributed by atoms with Crippen LogP contribution in [0.1, 0.15) is 16.1 Å². The Morgan fingerprint density at radius 2 is 1.71 bits per heavy atom. The van der Waals surface area contributed by atoms with Gasteiger partial charge < -0.3 is 0 Å². The number of fused-ring (bicyclic) bond motifs is 1. The normalized spacial score (nSPS) is 10.9. The number of hydrogen-bond acceptors (Lipinski definition) is 3. The predicted molar refractivity (Wildman–Crippen MR) is 94.0 cm³/mol. The molecule has 0 fully saturated rings. The summed E-state index contributed by atoms with van der Waals surface area (Å²) < 4.78 is 1.73. The summed E-state index contributed by atoms with van der Waals surface area (Å²) in [5.41, 5.74) is 6.05. The first-order valence-corrected chi connectivity index (χ1v) is 7.73. The van der Waals surface area contributed by atoms with Crippen molar-refractivity contribution in [2.75, 3.05) is 0 Å². The third-order valence-corrected chi connectivity index (χ3v) is 3.95. The molecule has 2 heterocycles. The molecule has 0 spiro atoms. The molecule has 2 aromatic carbocycles. The minimum Gasteiger partial charge on any atom is -0.296 e. The van der Waals surface area contributed by atoms with E-state index in [4.69, 9.17) is 0 Å². The van der Waals surface area contributed by atoms with Crippen molar-refractivity contribution in [1.29, 1.82) is 0 Å². The quantitative estimate of drug-likeness (QED) is 0.533. The Balaban J connectivity index is 2.02. The van der Waals surface area contributed by atoms with E-state index in [1.54, 1.807) is 10.6 Å². The summed E-state index contributed by atoms with van der Waals surface area (Å²) in [6.07, 6.45) is 0.747. The summed E-state index contributed by atoms with van der Waals surface area (Å²) in [6, 6.07) is 21.9. The highest BCUT2D eigenvalue weighted by Crippen LogP contribution is 2.27. The van der Waals surface area contributed by atoms with Crippen LogP contribution in [0.3, 0.4) is 0 Å². The van der Waals surface area contributed by atoms with Crippen LogP contribution in [-0.2, 0) is 0 Å². The first kappa shape index (κ1) is 14.3. The zero-order chi connectivity index (χ0) is 16.5. The van der Waals surface area contributed by atoms with Gasteiger partial charge in [0.05, 0.1) is 11.4 Å². The standard InChI is InChI=1S/C20H15N3O/c1-14-6-5-9-16(10-14)19-12-18(15-7-3-2-4-8-15)21-20-11-17(13-24)22-23(19)20/h2-13H,1H3. The maximum Gasteiger partial charge on any atom is 0.170 e. The highest BCUT2D eigenvalue weighted by Gasteiger charge is 2.12. The number of nitrogens with zero attached hydrogens (tertiary/aromatic N) is 3. The molecular formula is C20H15N3O. The van der Waals surface area contributed by atoms with Crippen LogP contribution in [0.5, 0.6) is 0 Å². The average Bonchev–Trinajstić information content (AvgIpc) is 3.05. The molecule has 4 nitrogen and oxygen atoms in total. The fourth-order valence-electron chi connectivity index (χ4n) is 2.82. The van der Waals surface area contributed by atoms with Gasteiger partial charge in [0.25, 0.3) is 0 Å². The first-order chi connectivity index (χ1) is 11.7. The molecule has 4 heteroatoms. The van der Waals surface area contributed by atoms with Crippen LogP contribution in [0.25, 0.3) is 28.2 Å². The lowest BCUT2D eigenvalue weighted by Gasteiger charge is -2.09. The number of benzene rings is 2. The van der Waals surface area contributed by atoms with Crippen molar-refractivity contribution in [3.63, 3.8) is 0 Å². The number of aryl methyl sites for hydroxylation is 1. The monoisotopic (exact) mass is 313 g/mol. The van der Waals surface area contributed by atoms with Crippen molar-refractivity contribution in [2.45, 2.75) is 6.92 Å². The molecule has 4 aromatic rings. The Morgan fingerprint density at radius 1 is 0.917 bits per heavy atom. The van der Waals surface area contributed by atoms with Gasteiger partial charge in [-0.1, -0.05) is 54.1 Å². The zero-order valence-electron chi connectivity index (χ0n) is 13.2. The van der Waals surface area contributed by atoms with Crippen molar-refractivity contribution in [3.8, 4) is 22.5 Å². The Morgan fingerprint density at radius 3 is 2.46 bits per heavy atom. The summed E-state index contributed by atoms with van der Waals surface area (Å²) >= 11 is 0. The van der Waals surface area contributed by atoms with Crippen molar-refractivity contribution in [2.24, 2.45) is 0 Å². The Bertz CT molecular complexity index is 1040.